The second kappa shape index (κ2) is 4.07. The van der Waals surface area contributed by atoms with Crippen LogP contribution in [0, 0.1) is 0 Å². The lowest BCUT2D eigenvalue weighted by molar-refractivity contribution is -0.105. The van der Waals surface area contributed by atoms with Gasteiger partial charge in [0, 0.05) is 13.5 Å². The lowest BCUT2D eigenvalue weighted by Gasteiger charge is -2.29. The van der Waals surface area contributed by atoms with Crippen LogP contribution in [0.25, 0.3) is 0 Å². The van der Waals surface area contributed by atoms with Crippen molar-refractivity contribution >= 4 is 22.2 Å². The molecule has 0 radical (unpaired) electrons. The Labute approximate surface area is 85.5 Å². The number of alkyl halides is 1. The van der Waals surface area contributed by atoms with Gasteiger partial charge in [-0.05, 0) is 27.6 Å². The van der Waals surface area contributed by atoms with Crippen molar-refractivity contribution in [2.45, 2.75) is 10.9 Å². The Bertz CT molecular complexity index is 270. The van der Waals surface area contributed by atoms with Crippen molar-refractivity contribution in [2.75, 3.05) is 14.2 Å². The van der Waals surface area contributed by atoms with Crippen LogP contribution in [0.15, 0.2) is 23.5 Å². The molecular formula is C9H11BrO3. The van der Waals surface area contributed by atoms with Crippen LogP contribution in [-0.4, -0.2) is 25.0 Å². The topological polar surface area (TPSA) is 35.5 Å². The number of ether oxygens (including phenoxy) is 2. The molecule has 0 fully saturated rings. The Morgan fingerprint density at radius 1 is 1.54 bits per heavy atom. The van der Waals surface area contributed by atoms with Crippen molar-refractivity contribution in [3.8, 4) is 0 Å². The molecule has 0 aromatic rings. The fourth-order valence-electron chi connectivity index (χ4n) is 1.19. The number of rotatable bonds is 3. The van der Waals surface area contributed by atoms with Gasteiger partial charge in [0.1, 0.15) is 12.0 Å². The van der Waals surface area contributed by atoms with Crippen molar-refractivity contribution in [1.82, 2.24) is 0 Å². The normalized spacial score (nSPS) is 27.6. The third-order valence-corrected chi connectivity index (χ3v) is 2.94. The highest BCUT2D eigenvalue weighted by Gasteiger charge is 2.35. The number of allylic oxidation sites excluding steroid dienone is 2. The van der Waals surface area contributed by atoms with E-state index in [-0.39, 0.29) is 0 Å². The zero-order valence-corrected chi connectivity index (χ0v) is 9.13. The van der Waals surface area contributed by atoms with Gasteiger partial charge in [0.15, 0.2) is 4.51 Å². The summed E-state index contributed by atoms with van der Waals surface area (Å²) in [6, 6.07) is 0. The summed E-state index contributed by atoms with van der Waals surface area (Å²) in [5, 5.41) is 0. The number of hydrogen-bond acceptors (Lipinski definition) is 3. The second-order valence-corrected chi connectivity index (χ2v) is 3.98. The van der Waals surface area contributed by atoms with Crippen LogP contribution in [0.2, 0.25) is 0 Å². The van der Waals surface area contributed by atoms with Gasteiger partial charge in [-0.2, -0.15) is 0 Å². The number of halogens is 1. The number of hydrogen-bond donors (Lipinski definition) is 0. The molecule has 3 nitrogen and oxygen atoms in total. The van der Waals surface area contributed by atoms with Crippen LogP contribution in [0.1, 0.15) is 6.42 Å². The molecule has 1 aliphatic rings. The van der Waals surface area contributed by atoms with E-state index in [9.17, 15) is 4.79 Å². The smallest absolute Gasteiger partial charge is 0.183 e. The molecule has 72 valence electrons. The highest BCUT2D eigenvalue weighted by Crippen LogP contribution is 2.37. The van der Waals surface area contributed by atoms with Gasteiger partial charge in [-0.15, -0.1) is 0 Å². The molecule has 0 saturated carbocycles. The predicted molar refractivity (Wildman–Crippen MR) is 52.5 cm³/mol. The van der Waals surface area contributed by atoms with E-state index < -0.39 is 4.51 Å². The van der Waals surface area contributed by atoms with Gasteiger partial charge >= 0.3 is 0 Å². The molecule has 4 heteroatoms. The standard InChI is InChI=1S/C9H11BrO3/c1-12-8-4-3-7(6-11)5-9(8,10)13-2/h3-4,6H,5H2,1-2H3. The average molecular weight is 247 g/mol. The van der Waals surface area contributed by atoms with E-state index in [1.54, 1.807) is 26.4 Å². The van der Waals surface area contributed by atoms with E-state index in [2.05, 4.69) is 15.9 Å². The molecular weight excluding hydrogens is 236 g/mol. The molecule has 0 spiro atoms. The van der Waals surface area contributed by atoms with Gasteiger partial charge in [-0.3, -0.25) is 4.79 Å². The maximum absolute atomic E-state index is 10.5. The SMILES string of the molecule is COC1=CC=C(C=O)CC1(Br)OC. The molecule has 1 atom stereocenters. The molecule has 0 N–H and O–H groups in total. The van der Waals surface area contributed by atoms with E-state index in [1.165, 1.54) is 0 Å². The Morgan fingerprint density at radius 3 is 2.69 bits per heavy atom. The van der Waals surface area contributed by atoms with Crippen LogP contribution in [0.5, 0.6) is 0 Å². The summed E-state index contributed by atoms with van der Waals surface area (Å²) < 4.78 is 9.67. The molecule has 0 amide bonds. The largest absolute Gasteiger partial charge is 0.497 e. The average Bonchev–Trinajstić information content (AvgIpc) is 2.17. The first kappa shape index (κ1) is 10.5. The van der Waals surface area contributed by atoms with E-state index in [0.717, 1.165) is 6.29 Å². The lowest BCUT2D eigenvalue weighted by atomic mass is 10.0. The zero-order chi connectivity index (χ0) is 9.90. The molecule has 0 aromatic heterocycles. The van der Waals surface area contributed by atoms with Crippen LogP contribution < -0.4 is 0 Å². The second-order valence-electron chi connectivity index (χ2n) is 2.70. The molecule has 1 aliphatic carbocycles. The Morgan fingerprint density at radius 2 is 2.23 bits per heavy atom. The van der Waals surface area contributed by atoms with Crippen LogP contribution in [0.4, 0.5) is 0 Å². The van der Waals surface area contributed by atoms with Crippen molar-refractivity contribution < 1.29 is 14.3 Å². The maximum atomic E-state index is 10.5. The van der Waals surface area contributed by atoms with Crippen molar-refractivity contribution in [3.05, 3.63) is 23.5 Å². The lowest BCUT2D eigenvalue weighted by Crippen LogP contribution is -2.29. The van der Waals surface area contributed by atoms with E-state index in [4.69, 9.17) is 9.47 Å². The molecule has 0 bridgehead atoms. The first-order valence-electron chi connectivity index (χ1n) is 3.81. The van der Waals surface area contributed by atoms with Gasteiger partial charge in [0.05, 0.1) is 7.11 Å². The van der Waals surface area contributed by atoms with E-state index in [0.29, 0.717) is 17.8 Å². The molecule has 0 heterocycles. The summed E-state index contributed by atoms with van der Waals surface area (Å²) in [7, 11) is 3.13. The van der Waals surface area contributed by atoms with Crippen LogP contribution in [-0.2, 0) is 14.3 Å². The van der Waals surface area contributed by atoms with E-state index >= 15 is 0 Å². The third-order valence-electron chi connectivity index (χ3n) is 1.94. The molecule has 1 rings (SSSR count). The maximum Gasteiger partial charge on any atom is 0.183 e. The summed E-state index contributed by atoms with van der Waals surface area (Å²) in [5.41, 5.74) is 0.680. The predicted octanol–water partition coefficient (Wildman–Crippen LogP) is 1.78. The van der Waals surface area contributed by atoms with Gasteiger partial charge in [-0.1, -0.05) is 6.08 Å². The molecule has 1 unspecified atom stereocenters. The van der Waals surface area contributed by atoms with Crippen molar-refractivity contribution in [3.63, 3.8) is 0 Å². The zero-order valence-electron chi connectivity index (χ0n) is 7.54. The van der Waals surface area contributed by atoms with E-state index in [1.807, 2.05) is 0 Å². The van der Waals surface area contributed by atoms with Crippen LogP contribution >= 0.6 is 15.9 Å². The van der Waals surface area contributed by atoms with Crippen molar-refractivity contribution in [2.24, 2.45) is 0 Å². The first-order chi connectivity index (χ1) is 6.16. The molecule has 0 aliphatic heterocycles. The van der Waals surface area contributed by atoms with Gasteiger partial charge in [0.2, 0.25) is 0 Å². The Hall–Kier alpha value is -0.610. The minimum atomic E-state index is -0.688. The van der Waals surface area contributed by atoms with Gasteiger partial charge < -0.3 is 9.47 Å². The summed E-state index contributed by atoms with van der Waals surface area (Å²) in [6.45, 7) is 0. The fraction of sp³-hybridized carbons (Fsp3) is 0.444. The highest BCUT2D eigenvalue weighted by atomic mass is 79.9. The van der Waals surface area contributed by atoms with Gasteiger partial charge in [-0.25, -0.2) is 0 Å². The highest BCUT2D eigenvalue weighted by molar-refractivity contribution is 9.10. The number of methoxy groups -OCH3 is 2. The third kappa shape index (κ3) is 2.00. The fourth-order valence-corrected chi connectivity index (χ4v) is 1.81. The summed E-state index contributed by atoms with van der Waals surface area (Å²) in [5.74, 6) is 0.667. The quantitative estimate of drug-likeness (QED) is 0.563. The van der Waals surface area contributed by atoms with Crippen LogP contribution in [0.3, 0.4) is 0 Å². The molecule has 0 aromatic carbocycles. The minimum Gasteiger partial charge on any atom is -0.497 e. The van der Waals surface area contributed by atoms with Gasteiger partial charge in [0.25, 0.3) is 0 Å². The number of carbonyl (C=O) groups excluding carboxylic acids is 1. The summed E-state index contributed by atoms with van der Waals surface area (Å²) in [4.78, 5) is 10.5. The summed E-state index contributed by atoms with van der Waals surface area (Å²) in [6.07, 6.45) is 4.75. The number of aldehydes is 1. The Kier molecular flexibility index (Phi) is 3.27. The molecule has 13 heavy (non-hydrogen) atoms. The minimum absolute atomic E-state index is 0.479. The first-order valence-corrected chi connectivity index (χ1v) is 4.60. The monoisotopic (exact) mass is 246 g/mol. The Balaban J connectivity index is 2.96. The van der Waals surface area contributed by atoms with Crippen molar-refractivity contribution in [1.29, 1.82) is 0 Å². The number of carbonyl (C=O) groups is 1. The molecule has 0 saturated heterocycles. The summed E-state index contributed by atoms with van der Waals surface area (Å²) >= 11 is 3.39.